The standard InChI is InChI=1S/C11H16N2O3S/c1-13(2)7-9-3-5-10(6-4-9)17(15,16)8-11(12)14/h3-6H,7-8H2,1-2H3,(H2,12,14). The Labute approximate surface area is 101 Å². The molecule has 1 aromatic rings. The number of nitrogens with two attached hydrogens (primary N) is 1. The van der Waals surface area contributed by atoms with Gasteiger partial charge in [0, 0.05) is 6.54 Å². The van der Waals surface area contributed by atoms with Gasteiger partial charge in [0.1, 0.15) is 5.75 Å². The zero-order chi connectivity index (χ0) is 13.1. The van der Waals surface area contributed by atoms with Crippen molar-refractivity contribution in [3.8, 4) is 0 Å². The molecular weight excluding hydrogens is 240 g/mol. The second-order valence-corrected chi connectivity index (χ2v) is 6.10. The molecule has 0 bridgehead atoms. The van der Waals surface area contributed by atoms with Crippen LogP contribution in [0, 0.1) is 0 Å². The van der Waals surface area contributed by atoms with Crippen LogP contribution in [0.25, 0.3) is 0 Å². The zero-order valence-electron chi connectivity index (χ0n) is 9.88. The van der Waals surface area contributed by atoms with Gasteiger partial charge in [-0.15, -0.1) is 0 Å². The van der Waals surface area contributed by atoms with E-state index < -0.39 is 21.5 Å². The molecular formula is C11H16N2O3S. The number of carbonyl (C=O) groups excluding carboxylic acids is 1. The van der Waals surface area contributed by atoms with Gasteiger partial charge in [0.15, 0.2) is 9.84 Å². The quantitative estimate of drug-likeness (QED) is 0.804. The molecule has 1 rings (SSSR count). The maximum Gasteiger partial charge on any atom is 0.233 e. The van der Waals surface area contributed by atoms with Crippen molar-refractivity contribution >= 4 is 15.7 Å². The summed E-state index contributed by atoms with van der Waals surface area (Å²) in [5.41, 5.74) is 5.89. The summed E-state index contributed by atoms with van der Waals surface area (Å²) < 4.78 is 23.3. The molecule has 94 valence electrons. The first-order valence-corrected chi connectivity index (χ1v) is 6.71. The first-order valence-electron chi connectivity index (χ1n) is 5.06. The molecule has 0 saturated heterocycles. The number of hydrogen-bond acceptors (Lipinski definition) is 4. The molecule has 0 unspecified atom stereocenters. The van der Waals surface area contributed by atoms with Crippen molar-refractivity contribution in [3.63, 3.8) is 0 Å². The van der Waals surface area contributed by atoms with Crippen LogP contribution >= 0.6 is 0 Å². The molecule has 0 atom stereocenters. The smallest absolute Gasteiger partial charge is 0.233 e. The molecule has 0 aliphatic carbocycles. The van der Waals surface area contributed by atoms with Gasteiger partial charge < -0.3 is 10.6 Å². The Kier molecular flexibility index (Phi) is 4.25. The summed E-state index contributed by atoms with van der Waals surface area (Å²) in [4.78, 5) is 12.7. The number of carbonyl (C=O) groups is 1. The molecule has 2 N–H and O–H groups in total. The normalized spacial score (nSPS) is 11.7. The van der Waals surface area contributed by atoms with E-state index in [1.54, 1.807) is 12.1 Å². The van der Waals surface area contributed by atoms with E-state index in [-0.39, 0.29) is 4.90 Å². The third-order valence-electron chi connectivity index (χ3n) is 2.11. The van der Waals surface area contributed by atoms with Crippen LogP contribution < -0.4 is 5.73 Å². The van der Waals surface area contributed by atoms with Gasteiger partial charge in [-0.05, 0) is 31.8 Å². The number of nitrogens with zero attached hydrogens (tertiary/aromatic N) is 1. The van der Waals surface area contributed by atoms with Crippen LogP contribution in [0.1, 0.15) is 5.56 Å². The third kappa shape index (κ3) is 4.16. The summed E-state index contributed by atoms with van der Waals surface area (Å²) in [6.45, 7) is 0.732. The average molecular weight is 256 g/mol. The molecule has 1 amide bonds. The maximum atomic E-state index is 11.7. The summed E-state index contributed by atoms with van der Waals surface area (Å²) >= 11 is 0. The van der Waals surface area contributed by atoms with Crippen LogP contribution in [0.2, 0.25) is 0 Å². The molecule has 0 spiro atoms. The average Bonchev–Trinajstić information content (AvgIpc) is 2.15. The van der Waals surface area contributed by atoms with Crippen LogP contribution in [0.4, 0.5) is 0 Å². The Bertz CT molecular complexity index is 492. The van der Waals surface area contributed by atoms with E-state index >= 15 is 0 Å². The van der Waals surface area contributed by atoms with E-state index in [9.17, 15) is 13.2 Å². The monoisotopic (exact) mass is 256 g/mol. The van der Waals surface area contributed by atoms with E-state index in [0.29, 0.717) is 0 Å². The number of rotatable bonds is 5. The predicted octanol–water partition coefficient (Wildman–Crippen LogP) is 0.00720. The Morgan fingerprint density at radius 1 is 1.24 bits per heavy atom. The summed E-state index contributed by atoms with van der Waals surface area (Å²) in [7, 11) is 0.264. The van der Waals surface area contributed by atoms with Crippen LogP contribution in [-0.4, -0.2) is 39.1 Å². The van der Waals surface area contributed by atoms with Crippen molar-refractivity contribution < 1.29 is 13.2 Å². The highest BCUT2D eigenvalue weighted by molar-refractivity contribution is 7.92. The molecule has 17 heavy (non-hydrogen) atoms. The second kappa shape index (κ2) is 5.29. The molecule has 1 aromatic carbocycles. The fraction of sp³-hybridized carbons (Fsp3) is 0.364. The van der Waals surface area contributed by atoms with Crippen molar-refractivity contribution in [3.05, 3.63) is 29.8 Å². The van der Waals surface area contributed by atoms with Crippen molar-refractivity contribution in [1.82, 2.24) is 4.90 Å². The second-order valence-electron chi connectivity index (χ2n) is 4.11. The van der Waals surface area contributed by atoms with Crippen molar-refractivity contribution in [2.24, 2.45) is 5.73 Å². The minimum absolute atomic E-state index is 0.124. The lowest BCUT2D eigenvalue weighted by Crippen LogP contribution is -2.23. The minimum atomic E-state index is -3.59. The fourth-order valence-corrected chi connectivity index (χ4v) is 2.53. The fourth-order valence-electron chi connectivity index (χ4n) is 1.44. The summed E-state index contributed by atoms with van der Waals surface area (Å²) in [5.74, 6) is -1.50. The van der Waals surface area contributed by atoms with Crippen LogP contribution in [-0.2, 0) is 21.2 Å². The highest BCUT2D eigenvalue weighted by atomic mass is 32.2. The lowest BCUT2D eigenvalue weighted by atomic mass is 10.2. The summed E-state index contributed by atoms with van der Waals surface area (Å²) in [6.07, 6.45) is 0. The lowest BCUT2D eigenvalue weighted by molar-refractivity contribution is -0.115. The summed E-state index contributed by atoms with van der Waals surface area (Å²) in [5, 5.41) is 0. The van der Waals surface area contributed by atoms with Gasteiger partial charge in [0.2, 0.25) is 5.91 Å². The molecule has 0 radical (unpaired) electrons. The van der Waals surface area contributed by atoms with Gasteiger partial charge in [-0.1, -0.05) is 12.1 Å². The Morgan fingerprint density at radius 3 is 2.18 bits per heavy atom. The van der Waals surface area contributed by atoms with Gasteiger partial charge in [0.25, 0.3) is 0 Å². The highest BCUT2D eigenvalue weighted by Gasteiger charge is 2.17. The van der Waals surface area contributed by atoms with Gasteiger partial charge in [-0.3, -0.25) is 4.79 Å². The minimum Gasteiger partial charge on any atom is -0.369 e. The van der Waals surface area contributed by atoms with Crippen LogP contribution in [0.5, 0.6) is 0 Å². The van der Waals surface area contributed by atoms with Gasteiger partial charge >= 0.3 is 0 Å². The summed E-state index contributed by atoms with van der Waals surface area (Å²) in [6, 6.07) is 6.45. The van der Waals surface area contributed by atoms with E-state index in [1.165, 1.54) is 12.1 Å². The van der Waals surface area contributed by atoms with Gasteiger partial charge in [-0.2, -0.15) is 0 Å². The van der Waals surface area contributed by atoms with Gasteiger partial charge in [0.05, 0.1) is 4.90 Å². The highest BCUT2D eigenvalue weighted by Crippen LogP contribution is 2.13. The molecule has 0 saturated carbocycles. The Balaban J connectivity index is 2.91. The van der Waals surface area contributed by atoms with Crippen molar-refractivity contribution in [2.75, 3.05) is 19.8 Å². The van der Waals surface area contributed by atoms with E-state index in [2.05, 4.69) is 0 Å². The Morgan fingerprint density at radius 2 is 1.76 bits per heavy atom. The number of primary amides is 1. The molecule has 0 heterocycles. The number of sulfone groups is 1. The lowest BCUT2D eigenvalue weighted by Gasteiger charge is -2.10. The van der Waals surface area contributed by atoms with E-state index in [1.807, 2.05) is 19.0 Å². The molecule has 0 aromatic heterocycles. The maximum absolute atomic E-state index is 11.7. The largest absolute Gasteiger partial charge is 0.369 e. The molecule has 6 heteroatoms. The SMILES string of the molecule is CN(C)Cc1ccc(S(=O)(=O)CC(N)=O)cc1. The van der Waals surface area contributed by atoms with Crippen molar-refractivity contribution in [1.29, 1.82) is 0 Å². The van der Waals surface area contributed by atoms with Crippen LogP contribution in [0.3, 0.4) is 0 Å². The topological polar surface area (TPSA) is 80.5 Å². The van der Waals surface area contributed by atoms with E-state index in [4.69, 9.17) is 5.73 Å². The third-order valence-corrected chi connectivity index (χ3v) is 3.77. The molecule has 5 nitrogen and oxygen atoms in total. The molecule has 0 aliphatic rings. The molecule has 0 fully saturated rings. The Hall–Kier alpha value is -1.40. The zero-order valence-corrected chi connectivity index (χ0v) is 10.7. The van der Waals surface area contributed by atoms with Crippen LogP contribution in [0.15, 0.2) is 29.2 Å². The number of amides is 1. The van der Waals surface area contributed by atoms with Crippen molar-refractivity contribution in [2.45, 2.75) is 11.4 Å². The number of hydrogen-bond donors (Lipinski definition) is 1. The first-order chi connectivity index (χ1) is 7.81. The first kappa shape index (κ1) is 13.7. The predicted molar refractivity (Wildman–Crippen MR) is 65.1 cm³/mol. The van der Waals surface area contributed by atoms with Gasteiger partial charge in [-0.25, -0.2) is 8.42 Å². The molecule has 0 aliphatic heterocycles. The van der Waals surface area contributed by atoms with E-state index in [0.717, 1.165) is 12.1 Å². The number of benzene rings is 1.